The van der Waals surface area contributed by atoms with E-state index in [4.69, 9.17) is 5.73 Å². The average molecular weight is 301 g/mol. The zero-order chi connectivity index (χ0) is 13.6. The maximum Gasteiger partial charge on any atom is 0.455 e. The Hall–Kier alpha value is -1.34. The number of nitrogens with one attached hydrogen (secondary N) is 1. The molecular formula is C11H10ClF5N2. The van der Waals surface area contributed by atoms with Crippen LogP contribution >= 0.6 is 12.4 Å². The van der Waals surface area contributed by atoms with Crippen molar-refractivity contribution in [1.82, 2.24) is 4.98 Å². The van der Waals surface area contributed by atoms with Crippen LogP contribution in [0.25, 0.3) is 10.9 Å². The minimum atomic E-state index is -5.68. The third-order valence-corrected chi connectivity index (χ3v) is 2.73. The fourth-order valence-corrected chi connectivity index (χ4v) is 1.75. The van der Waals surface area contributed by atoms with E-state index in [1.807, 2.05) is 0 Å². The molecule has 0 bridgehead atoms. The number of nitrogens with two attached hydrogens (primary N) is 1. The molecule has 1 atom stereocenters. The molecule has 0 aliphatic heterocycles. The number of aromatic nitrogens is 1. The number of rotatable bonds is 2. The second kappa shape index (κ2) is 4.97. The van der Waals surface area contributed by atoms with Gasteiger partial charge in [-0.15, -0.1) is 12.4 Å². The maximum atomic E-state index is 13.2. The van der Waals surface area contributed by atoms with Crippen LogP contribution in [-0.4, -0.2) is 17.1 Å². The molecule has 2 rings (SSSR count). The summed E-state index contributed by atoms with van der Waals surface area (Å²) >= 11 is 0. The molecule has 0 aliphatic carbocycles. The third-order valence-electron chi connectivity index (χ3n) is 2.73. The number of fused-ring (bicyclic) bond motifs is 1. The largest absolute Gasteiger partial charge is 0.455 e. The van der Waals surface area contributed by atoms with E-state index < -0.39 is 18.1 Å². The molecule has 1 aromatic carbocycles. The van der Waals surface area contributed by atoms with Crippen molar-refractivity contribution in [1.29, 1.82) is 0 Å². The van der Waals surface area contributed by atoms with Gasteiger partial charge >= 0.3 is 12.1 Å². The van der Waals surface area contributed by atoms with Gasteiger partial charge in [0.05, 0.1) is 0 Å². The number of aromatic amines is 1. The van der Waals surface area contributed by atoms with Gasteiger partial charge in [-0.2, -0.15) is 22.0 Å². The van der Waals surface area contributed by atoms with E-state index in [2.05, 4.69) is 4.98 Å². The molecule has 0 aliphatic rings. The molecule has 106 valence electrons. The van der Waals surface area contributed by atoms with E-state index in [9.17, 15) is 22.0 Å². The van der Waals surface area contributed by atoms with E-state index in [-0.39, 0.29) is 23.4 Å². The number of halogens is 6. The molecular weight excluding hydrogens is 291 g/mol. The van der Waals surface area contributed by atoms with Gasteiger partial charge in [0.2, 0.25) is 0 Å². The summed E-state index contributed by atoms with van der Waals surface area (Å²) in [6.07, 6.45) is -4.22. The molecule has 2 nitrogen and oxygen atoms in total. The predicted octanol–water partition coefficient (Wildman–Crippen LogP) is 3.79. The Morgan fingerprint density at radius 1 is 1.05 bits per heavy atom. The zero-order valence-electron chi connectivity index (χ0n) is 9.34. The molecule has 0 saturated heterocycles. The van der Waals surface area contributed by atoms with Gasteiger partial charge in [0.25, 0.3) is 0 Å². The molecule has 0 spiro atoms. The van der Waals surface area contributed by atoms with Crippen LogP contribution in [0, 0.1) is 0 Å². The minimum absolute atomic E-state index is 0. The van der Waals surface area contributed by atoms with Crippen molar-refractivity contribution in [2.24, 2.45) is 5.73 Å². The van der Waals surface area contributed by atoms with E-state index in [1.165, 1.54) is 24.4 Å². The molecule has 0 amide bonds. The van der Waals surface area contributed by atoms with Crippen molar-refractivity contribution < 1.29 is 22.0 Å². The highest BCUT2D eigenvalue weighted by Crippen LogP contribution is 2.44. The summed E-state index contributed by atoms with van der Waals surface area (Å²) in [5.74, 6) is -4.97. The van der Waals surface area contributed by atoms with Gasteiger partial charge in [0.1, 0.15) is 6.04 Å². The number of hydrogen-bond acceptors (Lipinski definition) is 1. The lowest BCUT2D eigenvalue weighted by atomic mass is 9.97. The van der Waals surface area contributed by atoms with Gasteiger partial charge < -0.3 is 10.7 Å². The van der Waals surface area contributed by atoms with Crippen molar-refractivity contribution in [2.45, 2.75) is 18.1 Å². The minimum Gasteiger partial charge on any atom is -0.361 e. The first kappa shape index (κ1) is 15.7. The fourth-order valence-electron chi connectivity index (χ4n) is 1.75. The lowest BCUT2D eigenvalue weighted by molar-refractivity contribution is -0.290. The second-order valence-electron chi connectivity index (χ2n) is 3.88. The van der Waals surface area contributed by atoms with Crippen LogP contribution in [0.15, 0.2) is 30.5 Å². The Morgan fingerprint density at radius 3 is 2.26 bits per heavy atom. The molecule has 0 radical (unpaired) electrons. The van der Waals surface area contributed by atoms with Crippen LogP contribution < -0.4 is 5.73 Å². The van der Waals surface area contributed by atoms with Crippen molar-refractivity contribution in [3.05, 3.63) is 36.0 Å². The molecule has 0 fully saturated rings. The SMILES string of the molecule is Cl.N[C@@H](c1cccc2[nH]ccc12)C(F)(F)C(F)(F)F. The smallest absolute Gasteiger partial charge is 0.361 e. The number of benzene rings is 1. The molecule has 8 heteroatoms. The van der Waals surface area contributed by atoms with Gasteiger partial charge in [0.15, 0.2) is 0 Å². The predicted molar refractivity (Wildman–Crippen MR) is 63.5 cm³/mol. The first-order valence-electron chi connectivity index (χ1n) is 5.01. The summed E-state index contributed by atoms with van der Waals surface area (Å²) in [7, 11) is 0. The highest BCUT2D eigenvalue weighted by molar-refractivity contribution is 5.85. The highest BCUT2D eigenvalue weighted by atomic mass is 35.5. The molecule has 0 saturated carbocycles. The van der Waals surface area contributed by atoms with Crippen LogP contribution in [0.4, 0.5) is 22.0 Å². The van der Waals surface area contributed by atoms with Crippen LogP contribution in [0.2, 0.25) is 0 Å². The first-order chi connectivity index (χ1) is 8.25. The van der Waals surface area contributed by atoms with Crippen molar-refractivity contribution >= 4 is 23.3 Å². The Morgan fingerprint density at radius 2 is 1.68 bits per heavy atom. The quantitative estimate of drug-likeness (QED) is 0.814. The van der Waals surface area contributed by atoms with E-state index >= 15 is 0 Å². The highest BCUT2D eigenvalue weighted by Gasteiger charge is 2.61. The Labute approximate surface area is 111 Å². The van der Waals surface area contributed by atoms with Gasteiger partial charge in [-0.3, -0.25) is 0 Å². The standard InChI is InChI=1S/C11H9F5N2.ClH/c12-10(13,11(14,15)16)9(17)7-2-1-3-8-6(7)4-5-18-8;/h1-5,9,18H,17H2;1H/t9-;/m0./s1. The van der Waals surface area contributed by atoms with E-state index in [0.29, 0.717) is 5.52 Å². The average Bonchev–Trinajstić information content (AvgIpc) is 2.73. The number of hydrogen-bond donors (Lipinski definition) is 2. The summed E-state index contributed by atoms with van der Waals surface area (Å²) in [6, 6.07) is 3.09. The summed E-state index contributed by atoms with van der Waals surface area (Å²) in [6.45, 7) is 0. The summed E-state index contributed by atoms with van der Waals surface area (Å²) in [5.41, 5.74) is 5.32. The van der Waals surface area contributed by atoms with Gasteiger partial charge in [-0.05, 0) is 17.7 Å². The van der Waals surface area contributed by atoms with E-state index in [0.717, 1.165) is 0 Å². The Balaban J connectivity index is 0.00000180. The van der Waals surface area contributed by atoms with Crippen molar-refractivity contribution in [3.8, 4) is 0 Å². The maximum absolute atomic E-state index is 13.2. The Kier molecular flexibility index (Phi) is 4.11. The molecule has 2 aromatic rings. The van der Waals surface area contributed by atoms with Crippen LogP contribution in [0.1, 0.15) is 11.6 Å². The molecule has 0 unspecified atom stereocenters. The monoisotopic (exact) mass is 300 g/mol. The topological polar surface area (TPSA) is 41.8 Å². The van der Waals surface area contributed by atoms with Crippen LogP contribution in [0.3, 0.4) is 0 Å². The summed E-state index contributed by atoms with van der Waals surface area (Å²) in [4.78, 5) is 2.72. The number of H-pyrrole nitrogens is 1. The lowest BCUT2D eigenvalue weighted by Crippen LogP contribution is -2.45. The van der Waals surface area contributed by atoms with Gasteiger partial charge in [0, 0.05) is 17.1 Å². The fraction of sp³-hybridized carbons (Fsp3) is 0.273. The molecule has 19 heavy (non-hydrogen) atoms. The van der Waals surface area contributed by atoms with Gasteiger partial charge in [-0.1, -0.05) is 12.1 Å². The van der Waals surface area contributed by atoms with Crippen molar-refractivity contribution in [3.63, 3.8) is 0 Å². The molecule has 1 aromatic heterocycles. The zero-order valence-corrected chi connectivity index (χ0v) is 10.2. The summed E-state index contributed by atoms with van der Waals surface area (Å²) < 4.78 is 63.1. The number of alkyl halides is 5. The normalized spacial score (nSPS) is 14.2. The van der Waals surface area contributed by atoms with Gasteiger partial charge in [-0.25, -0.2) is 0 Å². The van der Waals surface area contributed by atoms with Crippen LogP contribution in [-0.2, 0) is 0 Å². The Bertz CT molecular complexity index is 563. The first-order valence-corrected chi connectivity index (χ1v) is 5.01. The lowest BCUT2D eigenvalue weighted by Gasteiger charge is -2.26. The third kappa shape index (κ3) is 2.52. The molecule has 3 N–H and O–H groups in total. The van der Waals surface area contributed by atoms with Crippen molar-refractivity contribution in [2.75, 3.05) is 0 Å². The second-order valence-corrected chi connectivity index (χ2v) is 3.88. The van der Waals surface area contributed by atoms with E-state index in [1.54, 1.807) is 6.07 Å². The summed E-state index contributed by atoms with van der Waals surface area (Å²) in [5, 5.41) is 0.258. The van der Waals surface area contributed by atoms with Crippen LogP contribution in [0.5, 0.6) is 0 Å². The molecule has 1 heterocycles.